The summed E-state index contributed by atoms with van der Waals surface area (Å²) in [5.41, 5.74) is 0.402. The molecule has 1 amide bonds. The van der Waals surface area contributed by atoms with Crippen LogP contribution < -0.4 is 9.97 Å². The Labute approximate surface area is 158 Å². The highest BCUT2D eigenvalue weighted by molar-refractivity contribution is 6.47. The average Bonchev–Trinajstić information content (AvgIpc) is 2.59. The molecule has 8 nitrogen and oxygen atoms in total. The summed E-state index contributed by atoms with van der Waals surface area (Å²) < 4.78 is 51.2. The summed E-state index contributed by atoms with van der Waals surface area (Å²) in [6.07, 6.45) is -6.49. The van der Waals surface area contributed by atoms with E-state index < -0.39 is 56.7 Å². The number of esters is 2. The Morgan fingerprint density at radius 1 is 1.32 bits per heavy atom. The van der Waals surface area contributed by atoms with Crippen molar-refractivity contribution in [2.24, 2.45) is 0 Å². The summed E-state index contributed by atoms with van der Waals surface area (Å²) in [5.74, 6) is -3.36. The van der Waals surface area contributed by atoms with E-state index in [1.807, 2.05) is 0 Å². The predicted molar refractivity (Wildman–Crippen MR) is 88.0 cm³/mol. The molecule has 12 heteroatoms. The second-order valence-corrected chi connectivity index (χ2v) is 5.98. The molecule has 0 saturated heterocycles. The zero-order valence-electron chi connectivity index (χ0n) is 14.7. The van der Waals surface area contributed by atoms with Crippen LogP contribution >= 0.6 is 0 Å². The number of halogens is 3. The Kier molecular flexibility index (Phi) is 6.89. The monoisotopic (exact) mass is 403 g/mol. The highest BCUT2D eigenvalue weighted by Gasteiger charge is 2.38. The van der Waals surface area contributed by atoms with Gasteiger partial charge in [-0.25, -0.2) is 4.79 Å². The first-order valence-corrected chi connectivity index (χ1v) is 8.20. The summed E-state index contributed by atoms with van der Waals surface area (Å²) in [7, 11) is -1.58. The highest BCUT2D eigenvalue weighted by atomic mass is 19.4. The number of para-hydroxylation sites is 1. The number of carbonyl (C=O) groups excluding carboxylic acids is 3. The fourth-order valence-corrected chi connectivity index (χ4v) is 2.49. The summed E-state index contributed by atoms with van der Waals surface area (Å²) in [5, 5.41) is 12.4. The van der Waals surface area contributed by atoms with E-state index in [2.05, 4.69) is 10.1 Å². The van der Waals surface area contributed by atoms with E-state index in [0.29, 0.717) is 5.56 Å². The van der Waals surface area contributed by atoms with E-state index in [1.54, 1.807) is 6.07 Å². The molecular weight excluding hydrogens is 386 g/mol. The van der Waals surface area contributed by atoms with Crippen LogP contribution in [0.3, 0.4) is 0 Å². The Morgan fingerprint density at radius 3 is 2.68 bits per heavy atom. The van der Waals surface area contributed by atoms with Gasteiger partial charge in [0.25, 0.3) is 0 Å². The van der Waals surface area contributed by atoms with E-state index in [1.165, 1.54) is 12.1 Å². The van der Waals surface area contributed by atoms with Crippen molar-refractivity contribution in [3.8, 4) is 5.75 Å². The summed E-state index contributed by atoms with van der Waals surface area (Å²) in [6.45, 7) is 0.541. The Bertz CT molecular complexity index is 756. The number of amides is 1. The topological polar surface area (TPSA) is 111 Å². The molecule has 1 unspecified atom stereocenters. The number of benzene rings is 1. The molecule has 0 radical (unpaired) electrons. The Morgan fingerprint density at radius 2 is 2.04 bits per heavy atom. The van der Waals surface area contributed by atoms with Gasteiger partial charge in [0.2, 0.25) is 12.7 Å². The van der Waals surface area contributed by atoms with Crippen LogP contribution in [0.1, 0.15) is 35.7 Å². The first kappa shape index (κ1) is 21.5. The predicted octanol–water partition coefficient (Wildman–Crippen LogP) is 1.15. The van der Waals surface area contributed by atoms with E-state index in [0.717, 1.165) is 6.92 Å². The summed E-state index contributed by atoms with van der Waals surface area (Å²) in [6, 6.07) is 4.44. The highest BCUT2D eigenvalue weighted by Crippen LogP contribution is 2.31. The van der Waals surface area contributed by atoms with E-state index in [9.17, 15) is 32.6 Å². The third-order valence-corrected chi connectivity index (χ3v) is 3.77. The lowest BCUT2D eigenvalue weighted by Crippen LogP contribution is -2.53. The number of fused-ring (bicyclic) bond motifs is 1. The van der Waals surface area contributed by atoms with Crippen LogP contribution in [0.25, 0.3) is 0 Å². The lowest BCUT2D eigenvalue weighted by atomic mass is 9.72. The minimum atomic E-state index is -4.47. The zero-order valence-corrected chi connectivity index (χ0v) is 14.7. The zero-order chi connectivity index (χ0) is 20.9. The molecule has 0 fully saturated rings. The van der Waals surface area contributed by atoms with Crippen molar-refractivity contribution in [3.63, 3.8) is 0 Å². The van der Waals surface area contributed by atoms with Gasteiger partial charge in [0, 0.05) is 13.3 Å². The van der Waals surface area contributed by atoms with Gasteiger partial charge in [-0.05, 0) is 18.1 Å². The van der Waals surface area contributed by atoms with Gasteiger partial charge in [-0.2, -0.15) is 13.2 Å². The molecule has 1 heterocycles. The maximum atomic E-state index is 12.2. The van der Waals surface area contributed by atoms with Crippen molar-refractivity contribution >= 4 is 25.0 Å². The van der Waals surface area contributed by atoms with Gasteiger partial charge in [-0.3, -0.25) is 9.59 Å². The van der Waals surface area contributed by atoms with Crippen LogP contribution in [0.15, 0.2) is 18.2 Å². The Hall–Kier alpha value is -2.76. The second kappa shape index (κ2) is 8.96. The van der Waals surface area contributed by atoms with Crippen molar-refractivity contribution in [2.45, 2.75) is 38.3 Å². The van der Waals surface area contributed by atoms with E-state index >= 15 is 0 Å². The number of alkyl halides is 3. The van der Waals surface area contributed by atoms with Gasteiger partial charge in [-0.1, -0.05) is 12.1 Å². The van der Waals surface area contributed by atoms with Gasteiger partial charge in [0.1, 0.15) is 11.3 Å². The average molecular weight is 403 g/mol. The van der Waals surface area contributed by atoms with Crippen LogP contribution in [0.5, 0.6) is 5.75 Å². The molecule has 152 valence electrons. The minimum Gasteiger partial charge on any atom is -0.534 e. The molecule has 28 heavy (non-hydrogen) atoms. The largest absolute Gasteiger partial charge is 0.547 e. The molecular formula is C16H17BF3NO7. The smallest absolute Gasteiger partial charge is 0.534 e. The van der Waals surface area contributed by atoms with Gasteiger partial charge in [-0.15, -0.1) is 0 Å². The SMILES string of the molecule is CC(=O)OCOC(=O)c1cccc2c1OB(O)C(NC(=O)CCC(F)(F)F)C2. The lowest BCUT2D eigenvalue weighted by molar-refractivity contribution is -0.149. The standard InChI is InChI=1S/C16H17BF3NO7/c1-9(22)26-8-27-15(24)11-4-2-3-10-7-12(17(25)28-14(10)11)21-13(23)5-6-16(18,19)20/h2-4,12,25H,5-8H2,1H3,(H,21,23). The number of rotatable bonds is 6. The van der Waals surface area contributed by atoms with Gasteiger partial charge < -0.3 is 24.5 Å². The van der Waals surface area contributed by atoms with E-state index in [4.69, 9.17) is 9.39 Å². The van der Waals surface area contributed by atoms with Gasteiger partial charge in [0.15, 0.2) is 0 Å². The lowest BCUT2D eigenvalue weighted by Gasteiger charge is -2.29. The number of ether oxygens (including phenoxy) is 2. The van der Waals surface area contributed by atoms with Crippen molar-refractivity contribution in [3.05, 3.63) is 29.3 Å². The molecule has 1 aliphatic heterocycles. The third kappa shape index (κ3) is 6.15. The van der Waals surface area contributed by atoms with Crippen molar-refractivity contribution in [1.82, 2.24) is 5.32 Å². The molecule has 1 aromatic rings. The van der Waals surface area contributed by atoms with Crippen LogP contribution in [0.2, 0.25) is 0 Å². The number of hydrogen-bond donors (Lipinski definition) is 2. The maximum absolute atomic E-state index is 12.2. The molecule has 2 N–H and O–H groups in total. The molecule has 1 aromatic carbocycles. The molecule has 0 aromatic heterocycles. The second-order valence-electron chi connectivity index (χ2n) is 5.98. The molecule has 0 saturated carbocycles. The van der Waals surface area contributed by atoms with Crippen LogP contribution in [0.4, 0.5) is 13.2 Å². The van der Waals surface area contributed by atoms with Crippen molar-refractivity contribution in [2.75, 3.05) is 6.79 Å². The normalized spacial score (nSPS) is 15.9. The molecule has 0 bridgehead atoms. The molecule has 0 spiro atoms. The minimum absolute atomic E-state index is 0.0172. The fourth-order valence-electron chi connectivity index (χ4n) is 2.49. The molecule has 2 rings (SSSR count). The van der Waals surface area contributed by atoms with Gasteiger partial charge >= 0.3 is 25.2 Å². The molecule has 1 atom stereocenters. The fraction of sp³-hybridized carbons (Fsp3) is 0.438. The molecule has 1 aliphatic rings. The number of hydrogen-bond acceptors (Lipinski definition) is 7. The Balaban J connectivity index is 2.03. The summed E-state index contributed by atoms with van der Waals surface area (Å²) in [4.78, 5) is 34.5. The quantitative estimate of drug-likeness (QED) is 0.417. The van der Waals surface area contributed by atoms with Crippen molar-refractivity contribution in [1.29, 1.82) is 0 Å². The van der Waals surface area contributed by atoms with Crippen LogP contribution in [-0.2, 0) is 25.5 Å². The van der Waals surface area contributed by atoms with E-state index in [-0.39, 0.29) is 17.7 Å². The van der Waals surface area contributed by atoms with Crippen LogP contribution in [0, 0.1) is 0 Å². The number of carbonyl (C=O) groups is 3. The van der Waals surface area contributed by atoms with Crippen molar-refractivity contribution < 1.29 is 46.7 Å². The first-order chi connectivity index (χ1) is 13.1. The number of nitrogens with one attached hydrogen (secondary N) is 1. The molecule has 0 aliphatic carbocycles. The first-order valence-electron chi connectivity index (χ1n) is 8.20. The van der Waals surface area contributed by atoms with Gasteiger partial charge in [0.05, 0.1) is 12.4 Å². The van der Waals surface area contributed by atoms with Crippen LogP contribution in [-0.4, -0.2) is 48.9 Å². The maximum Gasteiger partial charge on any atom is 0.547 e. The third-order valence-electron chi connectivity index (χ3n) is 3.77. The summed E-state index contributed by atoms with van der Waals surface area (Å²) >= 11 is 0.